The third kappa shape index (κ3) is 4.38. The Kier molecular flexibility index (Phi) is 5.83. The first-order valence-corrected chi connectivity index (χ1v) is 9.24. The summed E-state index contributed by atoms with van der Waals surface area (Å²) in [6, 6.07) is 17.4. The summed E-state index contributed by atoms with van der Waals surface area (Å²) in [6.07, 6.45) is 0.878. The second kappa shape index (κ2) is 8.27. The Morgan fingerprint density at radius 3 is 2.42 bits per heavy atom. The number of halogens is 1. The van der Waals surface area contributed by atoms with Gasteiger partial charge in [0.05, 0.1) is 11.8 Å². The van der Waals surface area contributed by atoms with Crippen molar-refractivity contribution in [2.75, 3.05) is 0 Å². The molecule has 3 rings (SSSR count). The fraction of sp³-hybridized carbons (Fsp3) is 0.250. The lowest BCUT2D eigenvalue weighted by molar-refractivity contribution is -0.305. The molecule has 1 heterocycles. The lowest BCUT2D eigenvalue weighted by Gasteiger charge is -2.22. The average Bonchev–Trinajstić information content (AvgIpc) is 3.08. The van der Waals surface area contributed by atoms with E-state index in [4.69, 9.17) is 0 Å². The molecule has 1 amide bonds. The number of hydrogen-bond donors (Lipinski definition) is 0. The molecule has 0 aliphatic carbocycles. The molecule has 1 aliphatic heterocycles. The summed E-state index contributed by atoms with van der Waals surface area (Å²) in [5.74, 6) is -1.32. The number of rotatable bonds is 6. The summed E-state index contributed by atoms with van der Waals surface area (Å²) in [6.45, 7) is 0. The molecule has 0 radical (unpaired) electrons. The van der Waals surface area contributed by atoms with Gasteiger partial charge in [-0.3, -0.25) is 4.79 Å². The molecular formula is C20H18BrN2O3-. The minimum Gasteiger partial charge on any atom is -0.550 e. The van der Waals surface area contributed by atoms with E-state index < -0.39 is 5.97 Å². The van der Waals surface area contributed by atoms with E-state index in [1.54, 1.807) is 0 Å². The lowest BCUT2D eigenvalue weighted by atomic mass is 9.98. The van der Waals surface area contributed by atoms with Gasteiger partial charge in [-0.1, -0.05) is 58.4 Å². The van der Waals surface area contributed by atoms with Crippen molar-refractivity contribution in [2.45, 2.75) is 31.7 Å². The van der Waals surface area contributed by atoms with Gasteiger partial charge in [0, 0.05) is 23.3 Å². The number of amides is 1. The Hall–Kier alpha value is -2.47. The Balaban J connectivity index is 1.83. The van der Waals surface area contributed by atoms with E-state index >= 15 is 0 Å². The minimum atomic E-state index is -1.14. The smallest absolute Gasteiger partial charge is 0.243 e. The van der Waals surface area contributed by atoms with Crippen molar-refractivity contribution in [1.82, 2.24) is 5.01 Å². The van der Waals surface area contributed by atoms with Gasteiger partial charge < -0.3 is 9.90 Å². The number of aliphatic carboxylic acids is 1. The van der Waals surface area contributed by atoms with Crippen LogP contribution in [0.3, 0.4) is 0 Å². The van der Waals surface area contributed by atoms with E-state index in [9.17, 15) is 14.7 Å². The Morgan fingerprint density at radius 2 is 1.77 bits per heavy atom. The first kappa shape index (κ1) is 18.3. The Labute approximate surface area is 160 Å². The Bertz CT molecular complexity index is 819. The normalized spacial score (nSPS) is 16.4. The van der Waals surface area contributed by atoms with E-state index in [-0.39, 0.29) is 31.2 Å². The van der Waals surface area contributed by atoms with Gasteiger partial charge in [-0.05, 0) is 36.1 Å². The maximum Gasteiger partial charge on any atom is 0.243 e. The highest BCUT2D eigenvalue weighted by molar-refractivity contribution is 9.10. The van der Waals surface area contributed by atoms with Crippen LogP contribution >= 0.6 is 15.9 Å². The zero-order valence-electron chi connectivity index (χ0n) is 14.1. The van der Waals surface area contributed by atoms with Crippen LogP contribution in [0.1, 0.15) is 42.9 Å². The molecule has 0 bridgehead atoms. The van der Waals surface area contributed by atoms with Crippen molar-refractivity contribution in [3.63, 3.8) is 0 Å². The van der Waals surface area contributed by atoms with Gasteiger partial charge in [0.25, 0.3) is 0 Å². The summed E-state index contributed by atoms with van der Waals surface area (Å²) < 4.78 is 0.968. The zero-order chi connectivity index (χ0) is 18.5. The predicted molar refractivity (Wildman–Crippen MR) is 100 cm³/mol. The van der Waals surface area contributed by atoms with E-state index in [1.807, 2.05) is 54.6 Å². The maximum absolute atomic E-state index is 12.7. The molecule has 0 N–H and O–H groups in total. The van der Waals surface area contributed by atoms with Crippen molar-refractivity contribution in [2.24, 2.45) is 5.10 Å². The number of carboxylic acid groups (broad SMARTS) is 1. The molecule has 0 fully saturated rings. The molecule has 2 aromatic rings. The molecule has 134 valence electrons. The SMILES string of the molecule is O=C([O-])CCCC(=O)N1N=C(c2ccccc2)C[C@H]1c1ccc(Br)cc1. The van der Waals surface area contributed by atoms with E-state index in [0.717, 1.165) is 21.3 Å². The van der Waals surface area contributed by atoms with Crippen LogP contribution < -0.4 is 5.11 Å². The largest absolute Gasteiger partial charge is 0.550 e. The quantitative estimate of drug-likeness (QED) is 0.730. The number of carbonyl (C=O) groups excluding carboxylic acids is 2. The topological polar surface area (TPSA) is 72.8 Å². The van der Waals surface area contributed by atoms with Crippen LogP contribution in [-0.4, -0.2) is 22.6 Å². The van der Waals surface area contributed by atoms with E-state index in [0.29, 0.717) is 6.42 Å². The van der Waals surface area contributed by atoms with Crippen LogP contribution in [0.2, 0.25) is 0 Å². The third-order valence-electron chi connectivity index (χ3n) is 4.30. The Morgan fingerprint density at radius 1 is 1.08 bits per heavy atom. The van der Waals surface area contributed by atoms with Gasteiger partial charge >= 0.3 is 0 Å². The molecule has 0 aromatic heterocycles. The molecule has 0 unspecified atom stereocenters. The highest BCUT2D eigenvalue weighted by Crippen LogP contribution is 2.34. The molecule has 0 spiro atoms. The van der Waals surface area contributed by atoms with Crippen molar-refractivity contribution in [3.05, 3.63) is 70.2 Å². The summed E-state index contributed by atoms with van der Waals surface area (Å²) in [5, 5.41) is 16.7. The summed E-state index contributed by atoms with van der Waals surface area (Å²) in [5.41, 5.74) is 2.84. The van der Waals surface area contributed by atoms with Gasteiger partial charge in [0.15, 0.2) is 0 Å². The minimum absolute atomic E-state index is 0.127. The molecule has 1 atom stereocenters. The molecular weight excluding hydrogens is 396 g/mol. The van der Waals surface area contributed by atoms with Gasteiger partial charge in [-0.15, -0.1) is 0 Å². The average molecular weight is 414 g/mol. The van der Waals surface area contributed by atoms with E-state index in [1.165, 1.54) is 5.01 Å². The summed E-state index contributed by atoms with van der Waals surface area (Å²) in [7, 11) is 0. The van der Waals surface area contributed by atoms with Crippen molar-refractivity contribution in [3.8, 4) is 0 Å². The fourth-order valence-electron chi connectivity index (χ4n) is 2.99. The van der Waals surface area contributed by atoms with Gasteiger partial charge in [-0.25, -0.2) is 5.01 Å². The number of benzene rings is 2. The zero-order valence-corrected chi connectivity index (χ0v) is 15.7. The summed E-state index contributed by atoms with van der Waals surface area (Å²) >= 11 is 3.42. The van der Waals surface area contributed by atoms with Crippen LogP contribution in [0.4, 0.5) is 0 Å². The molecule has 0 saturated carbocycles. The van der Waals surface area contributed by atoms with Crippen molar-refractivity contribution in [1.29, 1.82) is 0 Å². The number of hydrazone groups is 1. The summed E-state index contributed by atoms with van der Waals surface area (Å²) in [4.78, 5) is 23.2. The van der Waals surface area contributed by atoms with Crippen molar-refractivity contribution >= 4 is 33.5 Å². The van der Waals surface area contributed by atoms with Crippen LogP contribution in [-0.2, 0) is 9.59 Å². The molecule has 2 aromatic carbocycles. The second-order valence-corrected chi connectivity index (χ2v) is 7.06. The second-order valence-electron chi connectivity index (χ2n) is 6.15. The number of hydrogen-bond acceptors (Lipinski definition) is 4. The fourth-order valence-corrected chi connectivity index (χ4v) is 3.25. The van der Waals surface area contributed by atoms with Crippen LogP contribution in [0, 0.1) is 0 Å². The standard InChI is InChI=1S/C20H19BrN2O3/c21-16-11-9-15(10-12-16)18-13-17(14-5-2-1-3-6-14)22-23(18)19(24)7-4-8-20(25)26/h1-3,5-6,9-12,18H,4,7-8,13H2,(H,25,26)/p-1/t18-/m0/s1. The van der Waals surface area contributed by atoms with Crippen LogP contribution in [0.25, 0.3) is 0 Å². The molecule has 6 heteroatoms. The number of carboxylic acids is 1. The lowest BCUT2D eigenvalue weighted by Crippen LogP contribution is -2.28. The number of carbonyl (C=O) groups is 2. The molecule has 0 saturated heterocycles. The molecule has 26 heavy (non-hydrogen) atoms. The van der Waals surface area contributed by atoms with E-state index in [2.05, 4.69) is 21.0 Å². The first-order chi connectivity index (χ1) is 12.5. The number of nitrogens with zero attached hydrogens (tertiary/aromatic N) is 2. The van der Waals surface area contributed by atoms with Gasteiger partial charge in [0.2, 0.25) is 5.91 Å². The van der Waals surface area contributed by atoms with Crippen LogP contribution in [0.5, 0.6) is 0 Å². The highest BCUT2D eigenvalue weighted by Gasteiger charge is 2.32. The predicted octanol–water partition coefficient (Wildman–Crippen LogP) is 3.05. The van der Waals surface area contributed by atoms with Gasteiger partial charge in [0.1, 0.15) is 0 Å². The highest BCUT2D eigenvalue weighted by atomic mass is 79.9. The molecule has 5 nitrogen and oxygen atoms in total. The third-order valence-corrected chi connectivity index (χ3v) is 4.83. The maximum atomic E-state index is 12.7. The first-order valence-electron chi connectivity index (χ1n) is 8.45. The van der Waals surface area contributed by atoms with Crippen molar-refractivity contribution < 1.29 is 14.7 Å². The van der Waals surface area contributed by atoms with Gasteiger partial charge in [-0.2, -0.15) is 5.10 Å². The molecule has 1 aliphatic rings. The van der Waals surface area contributed by atoms with Crippen LogP contribution in [0.15, 0.2) is 64.2 Å². The monoisotopic (exact) mass is 413 g/mol.